The predicted octanol–water partition coefficient (Wildman–Crippen LogP) is 2.60. The van der Waals surface area contributed by atoms with Gasteiger partial charge in [0.1, 0.15) is 17.2 Å². The van der Waals surface area contributed by atoms with Gasteiger partial charge in [-0.2, -0.15) is 0 Å². The summed E-state index contributed by atoms with van der Waals surface area (Å²) in [4.78, 5) is 2.57. The van der Waals surface area contributed by atoms with E-state index in [0.717, 1.165) is 36.7 Å². The number of nitrogens with two attached hydrogens (primary N) is 1. The van der Waals surface area contributed by atoms with Crippen LogP contribution >= 0.6 is 0 Å². The van der Waals surface area contributed by atoms with Crippen molar-refractivity contribution in [2.45, 2.75) is 56.3 Å². The van der Waals surface area contributed by atoms with Crippen LogP contribution in [0.4, 0.5) is 4.39 Å². The molecule has 0 aromatic heterocycles. The van der Waals surface area contributed by atoms with Gasteiger partial charge in [0.05, 0.1) is 0 Å². The number of benzene rings is 1. The second-order valence-electron chi connectivity index (χ2n) is 6.73. The molecule has 0 bridgehead atoms. The van der Waals surface area contributed by atoms with E-state index in [9.17, 15) is 4.39 Å². The Hall–Kier alpha value is -1.13. The third-order valence-corrected chi connectivity index (χ3v) is 5.01. The van der Waals surface area contributed by atoms with Crippen molar-refractivity contribution in [1.29, 1.82) is 0 Å². The minimum atomic E-state index is -0.238. The van der Waals surface area contributed by atoms with Crippen LogP contribution in [0.15, 0.2) is 18.2 Å². The Morgan fingerprint density at radius 2 is 2.15 bits per heavy atom. The van der Waals surface area contributed by atoms with E-state index in [1.165, 1.54) is 25.0 Å². The Kier molecular flexibility index (Phi) is 2.63. The number of nitrogens with zero attached hydrogens (tertiary/aromatic N) is 1. The van der Waals surface area contributed by atoms with Gasteiger partial charge in [-0.1, -0.05) is 0 Å². The first kappa shape index (κ1) is 12.6. The largest absolute Gasteiger partial charge is 0.485 e. The first-order chi connectivity index (χ1) is 9.56. The van der Waals surface area contributed by atoms with Gasteiger partial charge in [-0.3, -0.25) is 4.90 Å². The second-order valence-corrected chi connectivity index (χ2v) is 6.73. The summed E-state index contributed by atoms with van der Waals surface area (Å²) in [5, 5.41) is 0. The van der Waals surface area contributed by atoms with Gasteiger partial charge in [0.25, 0.3) is 0 Å². The minimum absolute atomic E-state index is 0.124. The predicted molar refractivity (Wildman–Crippen MR) is 75.1 cm³/mol. The van der Waals surface area contributed by atoms with Crippen molar-refractivity contribution < 1.29 is 9.13 Å². The fourth-order valence-corrected chi connectivity index (χ4v) is 4.01. The topological polar surface area (TPSA) is 38.5 Å². The average molecular weight is 276 g/mol. The molecular weight excluding hydrogens is 255 g/mol. The maximum absolute atomic E-state index is 13.4. The zero-order chi connectivity index (χ0) is 13.9. The third-order valence-electron chi connectivity index (χ3n) is 5.01. The van der Waals surface area contributed by atoms with Crippen molar-refractivity contribution in [3.8, 4) is 5.75 Å². The summed E-state index contributed by atoms with van der Waals surface area (Å²) in [5.74, 6) is 0.535. The highest BCUT2D eigenvalue weighted by Crippen LogP contribution is 2.47. The van der Waals surface area contributed by atoms with Crippen molar-refractivity contribution >= 4 is 0 Å². The van der Waals surface area contributed by atoms with Crippen LogP contribution in [-0.2, 0) is 0 Å². The molecule has 2 unspecified atom stereocenters. The third kappa shape index (κ3) is 1.93. The lowest BCUT2D eigenvalue weighted by atomic mass is 9.86. The monoisotopic (exact) mass is 276 g/mol. The Morgan fingerprint density at radius 3 is 2.90 bits per heavy atom. The van der Waals surface area contributed by atoms with Gasteiger partial charge in [-0.25, -0.2) is 4.39 Å². The number of hydrogen-bond donors (Lipinski definition) is 1. The van der Waals surface area contributed by atoms with Crippen molar-refractivity contribution in [2.75, 3.05) is 6.54 Å². The molecule has 1 aromatic carbocycles. The fourth-order valence-electron chi connectivity index (χ4n) is 4.01. The van der Waals surface area contributed by atoms with Gasteiger partial charge in [-0.15, -0.1) is 0 Å². The summed E-state index contributed by atoms with van der Waals surface area (Å²) in [6.45, 7) is 3.24. The van der Waals surface area contributed by atoms with Crippen LogP contribution in [0, 0.1) is 5.82 Å². The van der Waals surface area contributed by atoms with E-state index < -0.39 is 0 Å². The van der Waals surface area contributed by atoms with Crippen molar-refractivity contribution in [3.63, 3.8) is 0 Å². The van der Waals surface area contributed by atoms with Crippen LogP contribution in [0.3, 0.4) is 0 Å². The van der Waals surface area contributed by atoms with E-state index in [1.54, 1.807) is 6.07 Å². The van der Waals surface area contributed by atoms with Crippen molar-refractivity contribution in [1.82, 2.24) is 4.90 Å². The Bertz CT molecular complexity index is 545. The van der Waals surface area contributed by atoms with Gasteiger partial charge in [0.2, 0.25) is 0 Å². The molecule has 2 heterocycles. The SMILES string of the molecule is CC1CC2(C[C@H](N)c3cc(F)ccc3O2)CN1C1CC1. The van der Waals surface area contributed by atoms with Crippen LogP contribution in [0.5, 0.6) is 5.75 Å². The lowest BCUT2D eigenvalue weighted by Crippen LogP contribution is -2.45. The van der Waals surface area contributed by atoms with Crippen molar-refractivity contribution in [2.24, 2.45) is 5.73 Å². The molecule has 1 saturated carbocycles. The Labute approximate surface area is 118 Å². The number of hydrogen-bond acceptors (Lipinski definition) is 3. The number of likely N-dealkylation sites (tertiary alicyclic amines) is 1. The maximum atomic E-state index is 13.4. The Morgan fingerprint density at radius 1 is 1.35 bits per heavy atom. The van der Waals surface area contributed by atoms with Gasteiger partial charge in [0.15, 0.2) is 0 Å². The van der Waals surface area contributed by atoms with E-state index in [-0.39, 0.29) is 17.5 Å². The van der Waals surface area contributed by atoms with Gasteiger partial charge in [-0.05, 0) is 38.0 Å². The first-order valence-electron chi connectivity index (χ1n) is 7.56. The molecule has 2 fully saturated rings. The zero-order valence-electron chi connectivity index (χ0n) is 11.8. The van der Waals surface area contributed by atoms with Crippen LogP contribution < -0.4 is 10.5 Å². The van der Waals surface area contributed by atoms with Crippen LogP contribution in [0.25, 0.3) is 0 Å². The molecule has 108 valence electrons. The minimum Gasteiger partial charge on any atom is -0.485 e. The molecule has 1 saturated heterocycles. The molecule has 2 aliphatic heterocycles. The fraction of sp³-hybridized carbons (Fsp3) is 0.625. The van der Waals surface area contributed by atoms with E-state index in [0.29, 0.717) is 6.04 Å². The normalized spacial score (nSPS) is 37.0. The maximum Gasteiger partial charge on any atom is 0.125 e. The molecule has 4 rings (SSSR count). The molecule has 3 atom stereocenters. The molecule has 3 aliphatic rings. The number of rotatable bonds is 1. The highest BCUT2D eigenvalue weighted by molar-refractivity contribution is 5.39. The zero-order valence-corrected chi connectivity index (χ0v) is 11.8. The lowest BCUT2D eigenvalue weighted by Gasteiger charge is -2.38. The number of ether oxygens (including phenoxy) is 1. The quantitative estimate of drug-likeness (QED) is 0.857. The summed E-state index contributed by atoms with van der Waals surface area (Å²) in [7, 11) is 0. The van der Waals surface area contributed by atoms with E-state index in [2.05, 4.69) is 11.8 Å². The summed E-state index contributed by atoms with van der Waals surface area (Å²) >= 11 is 0. The molecule has 2 N–H and O–H groups in total. The van der Waals surface area contributed by atoms with Crippen molar-refractivity contribution in [3.05, 3.63) is 29.6 Å². The van der Waals surface area contributed by atoms with Crippen LogP contribution in [0.1, 0.15) is 44.2 Å². The number of halogens is 1. The summed E-state index contributed by atoms with van der Waals surface area (Å²) in [6.07, 6.45) is 4.44. The first-order valence-corrected chi connectivity index (χ1v) is 7.56. The smallest absolute Gasteiger partial charge is 0.125 e. The van der Waals surface area contributed by atoms with E-state index >= 15 is 0 Å². The van der Waals surface area contributed by atoms with Gasteiger partial charge in [0, 0.05) is 43.1 Å². The molecule has 1 aromatic rings. The average Bonchev–Trinajstić information content (AvgIpc) is 3.17. The molecular formula is C16H21FN2O. The molecule has 0 amide bonds. The molecule has 1 aliphatic carbocycles. The Balaban J connectivity index is 1.64. The van der Waals surface area contributed by atoms with Crippen LogP contribution in [0.2, 0.25) is 0 Å². The highest BCUT2D eigenvalue weighted by Gasteiger charge is 2.51. The van der Waals surface area contributed by atoms with Crippen LogP contribution in [-0.4, -0.2) is 29.1 Å². The van der Waals surface area contributed by atoms with E-state index in [1.807, 2.05) is 0 Å². The summed E-state index contributed by atoms with van der Waals surface area (Å²) in [5.41, 5.74) is 6.93. The molecule has 4 heteroatoms. The summed E-state index contributed by atoms with van der Waals surface area (Å²) in [6, 6.07) is 5.89. The second kappa shape index (κ2) is 4.18. The number of fused-ring (bicyclic) bond motifs is 1. The highest BCUT2D eigenvalue weighted by atomic mass is 19.1. The molecule has 1 spiro atoms. The lowest BCUT2D eigenvalue weighted by molar-refractivity contribution is 0.0431. The molecule has 20 heavy (non-hydrogen) atoms. The van der Waals surface area contributed by atoms with Gasteiger partial charge < -0.3 is 10.5 Å². The summed E-state index contributed by atoms with van der Waals surface area (Å²) < 4.78 is 19.7. The van der Waals surface area contributed by atoms with E-state index in [4.69, 9.17) is 10.5 Å². The molecule has 3 nitrogen and oxygen atoms in total. The van der Waals surface area contributed by atoms with Gasteiger partial charge >= 0.3 is 0 Å². The molecule has 0 radical (unpaired) electrons. The standard InChI is InChI=1S/C16H21FN2O/c1-10-7-16(9-19(10)12-3-4-12)8-14(18)13-6-11(17)2-5-15(13)20-16/h2,5-6,10,12,14H,3-4,7-9,18H2,1H3/t10?,14-,16?/m0/s1.